The highest BCUT2D eigenvalue weighted by molar-refractivity contribution is 5.94. The number of fused-ring (bicyclic) bond motifs is 3. The van der Waals surface area contributed by atoms with Crippen LogP contribution in [-0.4, -0.2) is 28.8 Å². The highest BCUT2D eigenvalue weighted by atomic mass is 35.5. The summed E-state index contributed by atoms with van der Waals surface area (Å²) in [4.78, 5) is 6.69. The maximum Gasteiger partial charge on any atom is 0.211 e. The number of piperidine rings is 1. The van der Waals surface area contributed by atoms with Crippen molar-refractivity contribution in [1.82, 2.24) is 10.1 Å². The van der Waals surface area contributed by atoms with E-state index in [1.807, 2.05) is 6.07 Å². The SMILES string of the molecule is Cl.Cl.Nc1noc2c(N3CC4CCC3C4N)nccc12. The van der Waals surface area contributed by atoms with E-state index in [1.54, 1.807) is 6.20 Å². The lowest BCUT2D eigenvalue weighted by atomic mass is 10.1. The first-order valence-electron chi connectivity index (χ1n) is 6.28. The van der Waals surface area contributed by atoms with E-state index < -0.39 is 0 Å². The van der Waals surface area contributed by atoms with E-state index in [9.17, 15) is 0 Å². The molecule has 6 nitrogen and oxygen atoms in total. The molecule has 2 bridgehead atoms. The molecule has 3 unspecified atom stereocenters. The van der Waals surface area contributed by atoms with Gasteiger partial charge in [-0.3, -0.25) is 0 Å². The molecule has 0 amide bonds. The molecule has 4 N–H and O–H groups in total. The normalized spacial score (nSPS) is 27.4. The third kappa shape index (κ3) is 1.90. The second kappa shape index (κ2) is 5.27. The van der Waals surface area contributed by atoms with Gasteiger partial charge in [-0.15, -0.1) is 24.8 Å². The van der Waals surface area contributed by atoms with E-state index >= 15 is 0 Å². The van der Waals surface area contributed by atoms with Crippen LogP contribution >= 0.6 is 24.8 Å². The molecule has 20 heavy (non-hydrogen) atoms. The van der Waals surface area contributed by atoms with Crippen LogP contribution in [0.1, 0.15) is 12.8 Å². The van der Waals surface area contributed by atoms with Gasteiger partial charge >= 0.3 is 0 Å². The van der Waals surface area contributed by atoms with Crippen LogP contribution in [-0.2, 0) is 0 Å². The predicted molar refractivity (Wildman–Crippen MR) is 82.5 cm³/mol. The average Bonchev–Trinajstić information content (AvgIpc) is 3.04. The molecule has 0 aromatic carbocycles. The lowest BCUT2D eigenvalue weighted by molar-refractivity contribution is 0.457. The fourth-order valence-corrected chi connectivity index (χ4v) is 3.37. The third-order valence-electron chi connectivity index (χ3n) is 4.32. The van der Waals surface area contributed by atoms with Gasteiger partial charge in [0.15, 0.2) is 11.6 Å². The number of halogens is 2. The third-order valence-corrected chi connectivity index (χ3v) is 4.32. The highest BCUT2D eigenvalue weighted by Gasteiger charge is 2.46. The zero-order chi connectivity index (χ0) is 12.3. The number of aromatic nitrogens is 2. The Balaban J connectivity index is 0.000000735. The molecule has 3 atom stereocenters. The van der Waals surface area contributed by atoms with Crippen LogP contribution in [0.3, 0.4) is 0 Å². The molecule has 0 spiro atoms. The molecule has 2 aromatic heterocycles. The van der Waals surface area contributed by atoms with Crippen LogP contribution in [0.15, 0.2) is 16.8 Å². The van der Waals surface area contributed by atoms with Gasteiger partial charge in [-0.05, 0) is 24.8 Å². The summed E-state index contributed by atoms with van der Waals surface area (Å²) in [5.74, 6) is 1.83. The smallest absolute Gasteiger partial charge is 0.211 e. The van der Waals surface area contributed by atoms with E-state index in [-0.39, 0.29) is 30.9 Å². The van der Waals surface area contributed by atoms with E-state index in [2.05, 4.69) is 15.0 Å². The Hall–Kier alpha value is -1.24. The summed E-state index contributed by atoms with van der Waals surface area (Å²) in [5, 5.41) is 4.64. The lowest BCUT2D eigenvalue weighted by Crippen LogP contribution is -2.38. The molecule has 110 valence electrons. The Labute approximate surface area is 128 Å². The Morgan fingerprint density at radius 2 is 2.10 bits per heavy atom. The van der Waals surface area contributed by atoms with Crippen molar-refractivity contribution in [3.63, 3.8) is 0 Å². The van der Waals surface area contributed by atoms with Crippen molar-refractivity contribution in [3.8, 4) is 0 Å². The van der Waals surface area contributed by atoms with E-state index in [0.29, 0.717) is 23.4 Å². The number of pyridine rings is 1. The number of hydrogen-bond acceptors (Lipinski definition) is 6. The summed E-state index contributed by atoms with van der Waals surface area (Å²) >= 11 is 0. The molecule has 2 aliphatic rings. The van der Waals surface area contributed by atoms with E-state index in [1.165, 1.54) is 6.42 Å². The number of nitrogens with zero attached hydrogens (tertiary/aromatic N) is 3. The van der Waals surface area contributed by atoms with Crippen LogP contribution in [0.5, 0.6) is 0 Å². The molecule has 1 saturated heterocycles. The second-order valence-corrected chi connectivity index (χ2v) is 5.21. The highest BCUT2D eigenvalue weighted by Crippen LogP contribution is 2.41. The Kier molecular flexibility index (Phi) is 4.00. The van der Waals surface area contributed by atoms with Gasteiger partial charge in [0.05, 0.1) is 5.39 Å². The zero-order valence-corrected chi connectivity index (χ0v) is 12.4. The first-order valence-corrected chi connectivity index (χ1v) is 6.28. The molecular formula is C12H17Cl2N5O. The van der Waals surface area contributed by atoms with Gasteiger partial charge in [-0.1, -0.05) is 5.16 Å². The van der Waals surface area contributed by atoms with Gasteiger partial charge in [-0.2, -0.15) is 0 Å². The topological polar surface area (TPSA) is 94.2 Å². The van der Waals surface area contributed by atoms with Gasteiger partial charge in [0, 0.05) is 24.8 Å². The van der Waals surface area contributed by atoms with Gasteiger partial charge < -0.3 is 20.9 Å². The minimum Gasteiger partial charge on any atom is -0.380 e. The summed E-state index contributed by atoms with van der Waals surface area (Å²) in [7, 11) is 0. The lowest BCUT2D eigenvalue weighted by Gasteiger charge is -2.27. The molecule has 2 fully saturated rings. The number of nitrogens with two attached hydrogens (primary N) is 2. The van der Waals surface area contributed by atoms with Crippen molar-refractivity contribution in [2.24, 2.45) is 11.7 Å². The fraction of sp³-hybridized carbons (Fsp3) is 0.500. The van der Waals surface area contributed by atoms with Crippen molar-refractivity contribution in [2.75, 3.05) is 17.2 Å². The van der Waals surface area contributed by atoms with Gasteiger partial charge in [0.1, 0.15) is 0 Å². The van der Waals surface area contributed by atoms with Crippen LogP contribution in [0, 0.1) is 5.92 Å². The first kappa shape index (κ1) is 15.2. The Morgan fingerprint density at radius 3 is 2.75 bits per heavy atom. The molecule has 0 radical (unpaired) electrons. The molecule has 1 saturated carbocycles. The summed E-state index contributed by atoms with van der Waals surface area (Å²) in [6.07, 6.45) is 4.10. The minimum atomic E-state index is 0. The monoisotopic (exact) mass is 317 g/mol. The van der Waals surface area contributed by atoms with Crippen molar-refractivity contribution >= 4 is 47.4 Å². The Morgan fingerprint density at radius 1 is 1.30 bits per heavy atom. The number of anilines is 2. The first-order chi connectivity index (χ1) is 8.75. The molecule has 2 aromatic rings. The standard InChI is InChI=1S/C12H15N5O.2ClH/c13-9-6-1-2-8(9)17(5-6)12-10-7(3-4-15-12)11(14)16-18-10;;/h3-4,6,8-9H,1-2,5,13H2,(H2,14,16);2*1H. The van der Waals surface area contributed by atoms with Crippen molar-refractivity contribution in [3.05, 3.63) is 12.3 Å². The largest absolute Gasteiger partial charge is 0.380 e. The average molecular weight is 318 g/mol. The van der Waals surface area contributed by atoms with Gasteiger partial charge in [0.2, 0.25) is 5.58 Å². The van der Waals surface area contributed by atoms with Crippen LogP contribution in [0.2, 0.25) is 0 Å². The number of rotatable bonds is 1. The molecule has 3 heterocycles. The molecule has 4 rings (SSSR count). The van der Waals surface area contributed by atoms with Crippen LogP contribution in [0.4, 0.5) is 11.6 Å². The number of hydrogen-bond donors (Lipinski definition) is 2. The minimum absolute atomic E-state index is 0. The summed E-state index contributed by atoms with van der Waals surface area (Å²) in [5.41, 5.74) is 12.7. The summed E-state index contributed by atoms with van der Waals surface area (Å²) in [6.45, 7) is 0.957. The molecule has 8 heteroatoms. The van der Waals surface area contributed by atoms with Crippen LogP contribution < -0.4 is 16.4 Å². The Bertz CT molecular complexity index is 619. The maximum atomic E-state index is 6.22. The predicted octanol–water partition coefficient (Wildman–Crippen LogP) is 1.57. The second-order valence-electron chi connectivity index (χ2n) is 5.21. The summed E-state index contributed by atoms with van der Waals surface area (Å²) < 4.78 is 5.32. The van der Waals surface area contributed by atoms with Crippen LogP contribution in [0.25, 0.3) is 11.0 Å². The maximum absolute atomic E-state index is 6.22. The quantitative estimate of drug-likeness (QED) is 0.829. The van der Waals surface area contributed by atoms with E-state index in [4.69, 9.17) is 16.0 Å². The molecular weight excluding hydrogens is 301 g/mol. The van der Waals surface area contributed by atoms with Gasteiger partial charge in [-0.25, -0.2) is 4.98 Å². The molecule has 1 aliphatic carbocycles. The molecule has 1 aliphatic heterocycles. The van der Waals surface area contributed by atoms with Gasteiger partial charge in [0.25, 0.3) is 0 Å². The van der Waals surface area contributed by atoms with Crippen molar-refractivity contribution < 1.29 is 4.52 Å². The summed E-state index contributed by atoms with van der Waals surface area (Å²) in [6, 6.07) is 2.46. The van der Waals surface area contributed by atoms with Crippen molar-refractivity contribution in [1.29, 1.82) is 0 Å². The van der Waals surface area contributed by atoms with E-state index in [0.717, 1.165) is 24.2 Å². The number of nitrogen functional groups attached to an aromatic ring is 1. The zero-order valence-electron chi connectivity index (χ0n) is 10.7. The fourth-order valence-electron chi connectivity index (χ4n) is 3.37. The van der Waals surface area contributed by atoms with Crippen molar-refractivity contribution in [2.45, 2.75) is 24.9 Å².